The molecule has 1 aliphatic rings. The van der Waals surface area contributed by atoms with Crippen LogP contribution in [0.15, 0.2) is 35.1 Å². The Morgan fingerprint density at radius 1 is 1.32 bits per heavy atom. The Labute approximate surface area is 180 Å². The van der Waals surface area contributed by atoms with E-state index in [0.717, 1.165) is 41.2 Å². The van der Waals surface area contributed by atoms with Crippen molar-refractivity contribution in [3.63, 3.8) is 0 Å². The molecule has 1 aromatic carbocycles. The fourth-order valence-electron chi connectivity index (χ4n) is 3.21. The summed E-state index contributed by atoms with van der Waals surface area (Å²) >= 11 is 0. The van der Waals surface area contributed by atoms with Gasteiger partial charge in [-0.1, -0.05) is 11.2 Å². The van der Waals surface area contributed by atoms with Crippen LogP contribution in [-0.2, 0) is 17.9 Å². The maximum absolute atomic E-state index is 12.2. The molecule has 4 rings (SSSR count). The number of aromatic nitrogens is 4. The summed E-state index contributed by atoms with van der Waals surface area (Å²) in [5.41, 5.74) is 2.54. The first kappa shape index (κ1) is 20.6. The highest BCUT2D eigenvalue weighted by Crippen LogP contribution is 2.35. The number of methoxy groups -OCH3 is 1. The van der Waals surface area contributed by atoms with E-state index < -0.39 is 0 Å². The van der Waals surface area contributed by atoms with Gasteiger partial charge in [-0.15, -0.1) is 10.2 Å². The number of hydrogen-bond acceptors (Lipinski definition) is 7. The lowest BCUT2D eigenvalue weighted by atomic mass is 10.2. The van der Waals surface area contributed by atoms with Crippen LogP contribution in [0.3, 0.4) is 0 Å². The Kier molecular flexibility index (Phi) is 6.01. The molecular formula is C22H25N5O4. The molecule has 0 unspecified atom stereocenters. The van der Waals surface area contributed by atoms with E-state index in [9.17, 15) is 4.79 Å². The molecule has 3 aromatic rings. The number of carbonyl (C=O) groups excluding carboxylic acids is 1. The zero-order valence-electron chi connectivity index (χ0n) is 17.8. The van der Waals surface area contributed by atoms with Crippen molar-refractivity contribution < 1.29 is 18.8 Å². The summed E-state index contributed by atoms with van der Waals surface area (Å²) in [6, 6.07) is 5.96. The third-order valence-electron chi connectivity index (χ3n) is 5.18. The molecule has 0 radical (unpaired) electrons. The monoisotopic (exact) mass is 423 g/mol. The number of hydrogen-bond donors (Lipinski definition) is 1. The molecule has 0 atom stereocenters. The molecule has 2 heterocycles. The van der Waals surface area contributed by atoms with E-state index in [1.54, 1.807) is 19.5 Å². The summed E-state index contributed by atoms with van der Waals surface area (Å²) in [4.78, 5) is 12.2. The number of rotatable bonds is 9. The molecule has 9 heteroatoms. The van der Waals surface area contributed by atoms with E-state index in [2.05, 4.69) is 20.7 Å². The lowest BCUT2D eigenvalue weighted by molar-refractivity contribution is -0.116. The van der Waals surface area contributed by atoms with Crippen molar-refractivity contribution in [2.45, 2.75) is 45.9 Å². The Bertz CT molecular complexity index is 1080. The Hall–Kier alpha value is -3.62. The van der Waals surface area contributed by atoms with Gasteiger partial charge in [0, 0.05) is 12.1 Å². The minimum Gasteiger partial charge on any atom is -0.493 e. The number of ether oxygens (including phenoxy) is 2. The summed E-state index contributed by atoms with van der Waals surface area (Å²) in [7, 11) is 1.58. The average Bonchev–Trinajstić information content (AvgIpc) is 3.43. The number of nitrogens with one attached hydrogen (secondary N) is 1. The predicted molar refractivity (Wildman–Crippen MR) is 112 cm³/mol. The second-order valence-electron chi connectivity index (χ2n) is 7.44. The first-order valence-corrected chi connectivity index (χ1v) is 10.1. The van der Waals surface area contributed by atoms with Crippen LogP contribution in [0, 0.1) is 13.8 Å². The molecule has 0 aliphatic heterocycles. The average molecular weight is 423 g/mol. The quantitative estimate of drug-likeness (QED) is 0.527. The van der Waals surface area contributed by atoms with Crippen LogP contribution in [0.1, 0.15) is 47.3 Å². The van der Waals surface area contributed by atoms with E-state index in [0.29, 0.717) is 30.7 Å². The third-order valence-corrected chi connectivity index (χ3v) is 5.18. The van der Waals surface area contributed by atoms with Gasteiger partial charge in [-0.2, -0.15) is 0 Å². The maximum Gasteiger partial charge on any atom is 0.244 e. The van der Waals surface area contributed by atoms with E-state index in [-0.39, 0.29) is 5.91 Å². The zero-order chi connectivity index (χ0) is 21.8. The third kappa shape index (κ3) is 4.93. The van der Waals surface area contributed by atoms with Gasteiger partial charge < -0.3 is 23.9 Å². The van der Waals surface area contributed by atoms with Crippen molar-refractivity contribution in [1.82, 2.24) is 25.2 Å². The van der Waals surface area contributed by atoms with E-state index in [1.807, 2.05) is 36.6 Å². The van der Waals surface area contributed by atoms with Gasteiger partial charge in [-0.25, -0.2) is 0 Å². The summed E-state index contributed by atoms with van der Waals surface area (Å²) in [5, 5.41) is 14.8. The summed E-state index contributed by atoms with van der Waals surface area (Å²) in [5.74, 6) is 2.47. The molecule has 1 saturated carbocycles. The SMILES string of the molecule is COc1cc(/C=C/C(=O)NCc2nncn2C2CC2)ccc1OCc1c(C)noc1C. The fraction of sp³-hybridized carbons (Fsp3) is 0.364. The summed E-state index contributed by atoms with van der Waals surface area (Å²) in [6.45, 7) is 4.41. The molecule has 1 N–H and O–H groups in total. The standard InChI is InChI=1S/C22H25N5O4/c1-14-18(15(2)31-26-14)12-30-19-8-4-16(10-20(19)29-3)5-9-22(28)23-11-21-25-24-13-27(21)17-6-7-17/h4-5,8-10,13,17H,6-7,11-12H2,1-3H3,(H,23,28)/b9-5+. The topological polar surface area (TPSA) is 104 Å². The maximum atomic E-state index is 12.2. The van der Waals surface area contributed by atoms with Crippen LogP contribution < -0.4 is 14.8 Å². The highest BCUT2D eigenvalue weighted by atomic mass is 16.5. The van der Waals surface area contributed by atoms with E-state index in [1.165, 1.54) is 6.08 Å². The van der Waals surface area contributed by atoms with Crippen molar-refractivity contribution in [1.29, 1.82) is 0 Å². The number of benzene rings is 1. The van der Waals surface area contributed by atoms with Gasteiger partial charge in [-0.3, -0.25) is 4.79 Å². The Morgan fingerprint density at radius 3 is 2.87 bits per heavy atom. The van der Waals surface area contributed by atoms with Crippen LogP contribution in [0.25, 0.3) is 6.08 Å². The molecule has 31 heavy (non-hydrogen) atoms. The van der Waals surface area contributed by atoms with Crippen molar-refractivity contribution >= 4 is 12.0 Å². The van der Waals surface area contributed by atoms with Crippen LogP contribution in [-0.4, -0.2) is 32.9 Å². The minimum absolute atomic E-state index is 0.206. The molecule has 9 nitrogen and oxygen atoms in total. The normalized spacial score (nSPS) is 13.5. The lowest BCUT2D eigenvalue weighted by Crippen LogP contribution is -2.22. The van der Waals surface area contributed by atoms with Crippen LogP contribution >= 0.6 is 0 Å². The van der Waals surface area contributed by atoms with Gasteiger partial charge in [0.15, 0.2) is 17.3 Å². The molecule has 1 fully saturated rings. The fourth-order valence-corrected chi connectivity index (χ4v) is 3.21. The lowest BCUT2D eigenvalue weighted by Gasteiger charge is -2.11. The van der Waals surface area contributed by atoms with Gasteiger partial charge >= 0.3 is 0 Å². The van der Waals surface area contributed by atoms with Gasteiger partial charge in [0.05, 0.1) is 24.9 Å². The van der Waals surface area contributed by atoms with Crippen LogP contribution in [0.4, 0.5) is 0 Å². The smallest absolute Gasteiger partial charge is 0.244 e. The molecule has 1 amide bonds. The second-order valence-corrected chi connectivity index (χ2v) is 7.44. The molecule has 0 bridgehead atoms. The highest BCUT2D eigenvalue weighted by Gasteiger charge is 2.25. The summed E-state index contributed by atoms with van der Waals surface area (Å²) in [6.07, 6.45) is 7.20. The number of carbonyl (C=O) groups is 1. The van der Waals surface area contributed by atoms with Crippen molar-refractivity contribution in [3.05, 3.63) is 59.0 Å². The number of amides is 1. The van der Waals surface area contributed by atoms with Crippen molar-refractivity contribution in [2.75, 3.05) is 7.11 Å². The molecule has 2 aromatic heterocycles. The number of nitrogens with zero attached hydrogens (tertiary/aromatic N) is 4. The van der Waals surface area contributed by atoms with Gasteiger partial charge in [0.2, 0.25) is 5.91 Å². The Balaban J connectivity index is 1.35. The van der Waals surface area contributed by atoms with Crippen molar-refractivity contribution in [3.8, 4) is 11.5 Å². The second kappa shape index (κ2) is 9.03. The largest absolute Gasteiger partial charge is 0.493 e. The Morgan fingerprint density at radius 2 is 2.16 bits per heavy atom. The first-order chi connectivity index (χ1) is 15.0. The molecule has 0 spiro atoms. The molecular weight excluding hydrogens is 398 g/mol. The van der Waals surface area contributed by atoms with E-state index in [4.69, 9.17) is 14.0 Å². The zero-order valence-corrected chi connectivity index (χ0v) is 17.8. The van der Waals surface area contributed by atoms with Crippen LogP contribution in [0.5, 0.6) is 11.5 Å². The van der Waals surface area contributed by atoms with Crippen molar-refractivity contribution in [2.24, 2.45) is 0 Å². The molecule has 162 valence electrons. The minimum atomic E-state index is -0.206. The van der Waals surface area contributed by atoms with E-state index >= 15 is 0 Å². The molecule has 1 aliphatic carbocycles. The summed E-state index contributed by atoms with van der Waals surface area (Å²) < 4.78 is 18.5. The molecule has 0 saturated heterocycles. The van der Waals surface area contributed by atoms with Crippen LogP contribution in [0.2, 0.25) is 0 Å². The van der Waals surface area contributed by atoms with Gasteiger partial charge in [0.25, 0.3) is 0 Å². The number of aryl methyl sites for hydroxylation is 2. The predicted octanol–water partition coefficient (Wildman–Crippen LogP) is 3.14. The van der Waals surface area contributed by atoms with Gasteiger partial charge in [0.1, 0.15) is 18.7 Å². The first-order valence-electron chi connectivity index (χ1n) is 10.1. The van der Waals surface area contributed by atoms with Gasteiger partial charge in [-0.05, 0) is 50.5 Å². The highest BCUT2D eigenvalue weighted by molar-refractivity contribution is 5.91.